The molecule has 4 aromatic rings. The maximum atomic E-state index is 13.3. The van der Waals surface area contributed by atoms with Crippen LogP contribution < -0.4 is 5.32 Å². The first-order chi connectivity index (χ1) is 15.0. The van der Waals surface area contributed by atoms with E-state index in [0.717, 1.165) is 28.0 Å². The van der Waals surface area contributed by atoms with E-state index in [1.54, 1.807) is 24.5 Å². The number of benzene rings is 2. The minimum absolute atomic E-state index is 0.0257. The summed E-state index contributed by atoms with van der Waals surface area (Å²) in [6.07, 6.45) is 4.37. The topological polar surface area (TPSA) is 59.8 Å². The maximum Gasteiger partial charge on any atom is 0.222 e. The molecule has 4 rings (SSSR count). The Kier molecular flexibility index (Phi) is 6.07. The van der Waals surface area contributed by atoms with Crippen LogP contribution in [0.2, 0.25) is 0 Å². The smallest absolute Gasteiger partial charge is 0.222 e. The number of amides is 1. The Morgan fingerprint density at radius 1 is 1.06 bits per heavy atom. The highest BCUT2D eigenvalue weighted by Crippen LogP contribution is 2.23. The molecule has 0 saturated carbocycles. The van der Waals surface area contributed by atoms with Crippen LogP contribution in [0.25, 0.3) is 11.0 Å². The summed E-state index contributed by atoms with van der Waals surface area (Å²) in [5.41, 5.74) is 6.23. The minimum Gasteiger partial charge on any atom is -0.352 e. The second-order valence-corrected chi connectivity index (χ2v) is 7.80. The third kappa shape index (κ3) is 4.97. The van der Waals surface area contributed by atoms with Crippen LogP contribution in [0.15, 0.2) is 60.9 Å². The number of imidazole rings is 1. The van der Waals surface area contributed by atoms with E-state index in [4.69, 9.17) is 4.98 Å². The number of fused-ring (bicyclic) bond motifs is 1. The first kappa shape index (κ1) is 20.7. The monoisotopic (exact) mass is 416 g/mol. The number of nitrogens with one attached hydrogen (secondary N) is 1. The van der Waals surface area contributed by atoms with Crippen molar-refractivity contribution in [3.63, 3.8) is 0 Å². The van der Waals surface area contributed by atoms with E-state index >= 15 is 0 Å². The van der Waals surface area contributed by atoms with Crippen molar-refractivity contribution < 1.29 is 9.18 Å². The number of carbonyl (C=O) groups is 1. The predicted molar refractivity (Wildman–Crippen MR) is 119 cm³/mol. The van der Waals surface area contributed by atoms with E-state index in [9.17, 15) is 9.18 Å². The Morgan fingerprint density at radius 3 is 2.58 bits per heavy atom. The fraction of sp³-hybridized carbons (Fsp3) is 0.240. The quantitative estimate of drug-likeness (QED) is 0.483. The second-order valence-electron chi connectivity index (χ2n) is 7.80. The van der Waals surface area contributed by atoms with Gasteiger partial charge in [-0.3, -0.25) is 9.78 Å². The van der Waals surface area contributed by atoms with E-state index in [0.29, 0.717) is 25.9 Å². The van der Waals surface area contributed by atoms with E-state index in [1.807, 2.05) is 12.1 Å². The second kappa shape index (κ2) is 9.08. The lowest BCUT2D eigenvalue weighted by atomic mass is 10.1. The van der Waals surface area contributed by atoms with Crippen molar-refractivity contribution in [2.45, 2.75) is 39.8 Å². The molecule has 0 bridgehead atoms. The highest BCUT2D eigenvalue weighted by atomic mass is 19.1. The van der Waals surface area contributed by atoms with Gasteiger partial charge in [0.1, 0.15) is 11.6 Å². The van der Waals surface area contributed by atoms with Crippen LogP contribution in [0.5, 0.6) is 0 Å². The molecular formula is C25H25FN4O. The third-order valence-corrected chi connectivity index (χ3v) is 5.49. The molecule has 1 N–H and O–H groups in total. The van der Waals surface area contributed by atoms with Gasteiger partial charge in [-0.1, -0.05) is 18.2 Å². The van der Waals surface area contributed by atoms with Crippen LogP contribution in [0.3, 0.4) is 0 Å². The molecule has 158 valence electrons. The summed E-state index contributed by atoms with van der Waals surface area (Å²) in [6.45, 7) is 5.12. The minimum atomic E-state index is -0.256. The molecule has 5 nitrogen and oxygen atoms in total. The van der Waals surface area contributed by atoms with Gasteiger partial charge < -0.3 is 9.88 Å². The number of carbonyl (C=O) groups excluding carboxylic acids is 1. The average molecular weight is 417 g/mol. The van der Waals surface area contributed by atoms with Gasteiger partial charge in [0, 0.05) is 38.3 Å². The molecule has 0 unspecified atom stereocenters. The van der Waals surface area contributed by atoms with E-state index < -0.39 is 0 Å². The summed E-state index contributed by atoms with van der Waals surface area (Å²) in [7, 11) is 0. The molecule has 2 aromatic carbocycles. The van der Waals surface area contributed by atoms with Crippen molar-refractivity contribution in [1.29, 1.82) is 0 Å². The molecule has 0 aliphatic heterocycles. The standard InChI is InChI=1S/C25H25FN4O/c1-17-12-22-23(13-18(17)2)30(24(29-22)14-19-5-7-21(26)8-6-19)11-9-25(31)28-16-20-4-3-10-27-15-20/h3-8,10,12-13,15H,9,11,14,16H2,1-2H3,(H,28,31). The van der Waals surface area contributed by atoms with Gasteiger partial charge in [0.2, 0.25) is 5.91 Å². The normalized spacial score (nSPS) is 11.1. The predicted octanol–water partition coefficient (Wildman–Crippen LogP) is 4.48. The Morgan fingerprint density at radius 2 is 1.84 bits per heavy atom. The SMILES string of the molecule is Cc1cc2nc(Cc3ccc(F)cc3)n(CCC(=O)NCc3cccnc3)c2cc1C. The summed E-state index contributed by atoms with van der Waals surface area (Å²) >= 11 is 0. The van der Waals surface area contributed by atoms with Crippen LogP contribution >= 0.6 is 0 Å². The summed E-state index contributed by atoms with van der Waals surface area (Å²) in [5.74, 6) is 0.586. The molecule has 2 heterocycles. The van der Waals surface area contributed by atoms with Gasteiger partial charge in [0.25, 0.3) is 0 Å². The van der Waals surface area contributed by atoms with Crippen LogP contribution in [-0.4, -0.2) is 20.4 Å². The molecule has 0 fully saturated rings. The Bertz CT molecular complexity index is 1200. The number of rotatable bonds is 7. The zero-order valence-corrected chi connectivity index (χ0v) is 17.7. The van der Waals surface area contributed by atoms with Gasteiger partial charge in [-0.2, -0.15) is 0 Å². The van der Waals surface area contributed by atoms with Crippen LogP contribution in [0.4, 0.5) is 4.39 Å². The molecule has 1 amide bonds. The number of aromatic nitrogens is 3. The maximum absolute atomic E-state index is 13.3. The number of nitrogens with zero attached hydrogens (tertiary/aromatic N) is 3. The lowest BCUT2D eigenvalue weighted by Crippen LogP contribution is -2.24. The van der Waals surface area contributed by atoms with Crippen molar-refractivity contribution in [2.75, 3.05) is 0 Å². The van der Waals surface area contributed by atoms with Gasteiger partial charge in [-0.25, -0.2) is 9.37 Å². The van der Waals surface area contributed by atoms with Crippen molar-refractivity contribution in [2.24, 2.45) is 0 Å². The molecule has 6 heteroatoms. The van der Waals surface area contributed by atoms with Crippen molar-refractivity contribution in [3.8, 4) is 0 Å². The zero-order chi connectivity index (χ0) is 21.8. The number of aryl methyl sites for hydroxylation is 3. The first-order valence-electron chi connectivity index (χ1n) is 10.4. The van der Waals surface area contributed by atoms with Gasteiger partial charge in [0.05, 0.1) is 11.0 Å². The number of pyridine rings is 1. The average Bonchev–Trinajstić information content (AvgIpc) is 3.09. The Hall–Kier alpha value is -3.54. The fourth-order valence-electron chi connectivity index (χ4n) is 3.60. The third-order valence-electron chi connectivity index (χ3n) is 5.49. The molecule has 0 aliphatic rings. The van der Waals surface area contributed by atoms with Gasteiger partial charge >= 0.3 is 0 Å². The van der Waals surface area contributed by atoms with Crippen molar-refractivity contribution >= 4 is 16.9 Å². The molecule has 2 aromatic heterocycles. The zero-order valence-electron chi connectivity index (χ0n) is 17.7. The van der Waals surface area contributed by atoms with Gasteiger partial charge in [-0.05, 0) is 66.4 Å². The summed E-state index contributed by atoms with van der Waals surface area (Å²) < 4.78 is 15.4. The summed E-state index contributed by atoms with van der Waals surface area (Å²) in [5, 5.41) is 2.95. The highest BCUT2D eigenvalue weighted by molar-refractivity contribution is 5.79. The van der Waals surface area contributed by atoms with E-state index in [-0.39, 0.29) is 11.7 Å². The number of halogens is 1. The molecule has 0 aliphatic carbocycles. The first-order valence-corrected chi connectivity index (χ1v) is 10.4. The van der Waals surface area contributed by atoms with Crippen LogP contribution in [0.1, 0.15) is 34.5 Å². The lowest BCUT2D eigenvalue weighted by molar-refractivity contribution is -0.121. The number of hydrogen-bond donors (Lipinski definition) is 1. The molecule has 0 spiro atoms. The van der Waals surface area contributed by atoms with E-state index in [1.165, 1.54) is 23.3 Å². The molecular weight excluding hydrogens is 391 g/mol. The molecule has 0 atom stereocenters. The largest absolute Gasteiger partial charge is 0.352 e. The summed E-state index contributed by atoms with van der Waals surface area (Å²) in [6, 6.07) is 14.5. The molecule has 31 heavy (non-hydrogen) atoms. The molecule has 0 saturated heterocycles. The lowest BCUT2D eigenvalue weighted by Gasteiger charge is -2.11. The molecule has 0 radical (unpaired) electrons. The van der Waals surface area contributed by atoms with Crippen molar-refractivity contribution in [1.82, 2.24) is 19.9 Å². The highest BCUT2D eigenvalue weighted by Gasteiger charge is 2.14. The van der Waals surface area contributed by atoms with Crippen LogP contribution in [-0.2, 0) is 24.3 Å². The van der Waals surface area contributed by atoms with Crippen molar-refractivity contribution in [3.05, 3.63) is 94.8 Å². The fourth-order valence-corrected chi connectivity index (χ4v) is 3.60. The van der Waals surface area contributed by atoms with Crippen LogP contribution in [0, 0.1) is 19.7 Å². The van der Waals surface area contributed by atoms with Gasteiger partial charge in [0.15, 0.2) is 0 Å². The summed E-state index contributed by atoms with van der Waals surface area (Å²) in [4.78, 5) is 21.4. The Balaban J connectivity index is 1.54. The number of hydrogen-bond acceptors (Lipinski definition) is 3. The van der Waals surface area contributed by atoms with Gasteiger partial charge in [-0.15, -0.1) is 0 Å². The van der Waals surface area contributed by atoms with E-state index in [2.05, 4.69) is 40.8 Å². The Labute approximate surface area is 181 Å².